The third-order valence-electron chi connectivity index (χ3n) is 5.48. The van der Waals surface area contributed by atoms with Crippen molar-refractivity contribution in [2.75, 3.05) is 6.54 Å². The first-order chi connectivity index (χ1) is 11.0. The summed E-state index contributed by atoms with van der Waals surface area (Å²) < 4.78 is 13.7. The molecule has 23 heavy (non-hydrogen) atoms. The van der Waals surface area contributed by atoms with Crippen molar-refractivity contribution >= 4 is 21.8 Å². The molecule has 2 bridgehead atoms. The van der Waals surface area contributed by atoms with Gasteiger partial charge in [0.2, 0.25) is 5.91 Å². The van der Waals surface area contributed by atoms with E-state index in [9.17, 15) is 9.18 Å². The van der Waals surface area contributed by atoms with E-state index in [0.717, 1.165) is 18.4 Å². The predicted molar refractivity (Wildman–Crippen MR) is 92.3 cm³/mol. The fraction of sp³-hybridized carbons (Fsp3) is 0.611. The van der Waals surface area contributed by atoms with E-state index in [2.05, 4.69) is 21.2 Å². The van der Waals surface area contributed by atoms with Gasteiger partial charge in [-0.25, -0.2) is 4.39 Å². The second-order valence-electron chi connectivity index (χ2n) is 6.99. The molecule has 1 aromatic carbocycles. The van der Waals surface area contributed by atoms with Gasteiger partial charge in [-0.05, 0) is 77.6 Å². The highest BCUT2D eigenvalue weighted by Gasteiger charge is 2.40. The lowest BCUT2D eigenvalue weighted by atomic mass is 9.65. The highest BCUT2D eigenvalue weighted by molar-refractivity contribution is 9.10. The number of nitrogens with two attached hydrogens (primary N) is 1. The molecular weight excluding hydrogens is 359 g/mol. The van der Waals surface area contributed by atoms with E-state index in [1.807, 2.05) is 0 Å². The van der Waals surface area contributed by atoms with E-state index in [4.69, 9.17) is 5.73 Å². The van der Waals surface area contributed by atoms with Crippen LogP contribution in [-0.4, -0.2) is 18.5 Å². The Hall–Kier alpha value is -0.940. The molecule has 126 valence electrons. The molecule has 2 fully saturated rings. The van der Waals surface area contributed by atoms with E-state index in [0.29, 0.717) is 35.3 Å². The van der Waals surface area contributed by atoms with Crippen LogP contribution < -0.4 is 11.1 Å². The average molecular weight is 383 g/mol. The number of hydrogen-bond donors (Lipinski definition) is 2. The van der Waals surface area contributed by atoms with Crippen molar-refractivity contribution in [3.8, 4) is 0 Å². The number of rotatable bonds is 4. The van der Waals surface area contributed by atoms with E-state index >= 15 is 0 Å². The van der Waals surface area contributed by atoms with Crippen molar-refractivity contribution in [3.05, 3.63) is 34.1 Å². The molecule has 1 aromatic rings. The summed E-state index contributed by atoms with van der Waals surface area (Å²) in [6.45, 7) is 0.592. The lowest BCUT2D eigenvalue weighted by Gasteiger charge is -2.43. The van der Waals surface area contributed by atoms with Gasteiger partial charge in [0.05, 0.1) is 4.47 Å². The molecule has 3 N–H and O–H groups in total. The molecule has 0 spiro atoms. The van der Waals surface area contributed by atoms with Gasteiger partial charge in [0.25, 0.3) is 0 Å². The van der Waals surface area contributed by atoms with Crippen LogP contribution in [0.2, 0.25) is 0 Å². The maximum Gasteiger partial charge on any atom is 0.223 e. The van der Waals surface area contributed by atoms with Crippen LogP contribution in [0.15, 0.2) is 22.7 Å². The topological polar surface area (TPSA) is 55.1 Å². The minimum absolute atomic E-state index is 0.116. The van der Waals surface area contributed by atoms with Gasteiger partial charge in [-0.3, -0.25) is 4.79 Å². The third-order valence-corrected chi connectivity index (χ3v) is 6.09. The standard InChI is InChI=1S/C18H24BrFN2O/c19-15-8-11(4-5-16(15)20)6-7-22-18(23)14-9-12-2-1-3-13(10-14)17(12)21/h4-5,8,12-14,17H,1-3,6-7,9-10,21H2,(H,22,23). The Kier molecular flexibility index (Phi) is 5.37. The lowest BCUT2D eigenvalue weighted by Crippen LogP contribution is -2.49. The molecule has 0 aliphatic heterocycles. The van der Waals surface area contributed by atoms with Crippen molar-refractivity contribution in [2.45, 2.75) is 44.6 Å². The molecule has 2 saturated carbocycles. The maximum atomic E-state index is 13.2. The van der Waals surface area contributed by atoms with E-state index in [1.165, 1.54) is 25.3 Å². The molecule has 0 saturated heterocycles. The van der Waals surface area contributed by atoms with Crippen LogP contribution in [0.1, 0.15) is 37.7 Å². The van der Waals surface area contributed by atoms with Crippen molar-refractivity contribution < 1.29 is 9.18 Å². The number of carbonyl (C=O) groups is 1. The molecule has 5 heteroatoms. The van der Waals surface area contributed by atoms with Crippen molar-refractivity contribution in [1.29, 1.82) is 0 Å². The van der Waals surface area contributed by atoms with Crippen molar-refractivity contribution in [2.24, 2.45) is 23.5 Å². The summed E-state index contributed by atoms with van der Waals surface area (Å²) in [5.74, 6) is 1.06. The number of carbonyl (C=O) groups excluding carboxylic acids is 1. The third kappa shape index (κ3) is 3.94. The molecule has 0 aromatic heterocycles. The number of benzene rings is 1. The van der Waals surface area contributed by atoms with Gasteiger partial charge in [0, 0.05) is 18.5 Å². The Morgan fingerprint density at radius 3 is 2.65 bits per heavy atom. The molecular formula is C18H24BrFN2O. The van der Waals surface area contributed by atoms with Gasteiger partial charge < -0.3 is 11.1 Å². The zero-order chi connectivity index (χ0) is 16.4. The number of hydrogen-bond acceptors (Lipinski definition) is 2. The highest BCUT2D eigenvalue weighted by Crippen LogP contribution is 2.41. The van der Waals surface area contributed by atoms with E-state index in [-0.39, 0.29) is 17.6 Å². The van der Waals surface area contributed by atoms with Crippen LogP contribution in [0.4, 0.5) is 4.39 Å². The summed E-state index contributed by atoms with van der Waals surface area (Å²) in [6, 6.07) is 5.27. The van der Waals surface area contributed by atoms with Crippen LogP contribution in [0.5, 0.6) is 0 Å². The molecule has 0 heterocycles. The van der Waals surface area contributed by atoms with Crippen LogP contribution >= 0.6 is 15.9 Å². The smallest absolute Gasteiger partial charge is 0.223 e. The normalized spacial score (nSPS) is 30.0. The molecule has 3 rings (SSSR count). The Morgan fingerprint density at radius 2 is 2.00 bits per heavy atom. The molecule has 2 aliphatic carbocycles. The van der Waals surface area contributed by atoms with E-state index in [1.54, 1.807) is 12.1 Å². The summed E-state index contributed by atoms with van der Waals surface area (Å²) in [5, 5.41) is 3.05. The summed E-state index contributed by atoms with van der Waals surface area (Å²) in [5.41, 5.74) is 7.30. The van der Waals surface area contributed by atoms with E-state index < -0.39 is 0 Å². The molecule has 0 radical (unpaired) electrons. The number of fused-ring (bicyclic) bond motifs is 2. The second kappa shape index (κ2) is 7.31. The molecule has 2 unspecified atom stereocenters. The maximum absolute atomic E-state index is 13.2. The Balaban J connectivity index is 1.49. The van der Waals surface area contributed by atoms with Crippen molar-refractivity contribution in [1.82, 2.24) is 5.32 Å². The summed E-state index contributed by atoms with van der Waals surface area (Å²) >= 11 is 3.19. The minimum atomic E-state index is -0.261. The Bertz CT molecular complexity index is 566. The SMILES string of the molecule is NC1C2CCCC1CC(C(=O)NCCc1ccc(F)c(Br)c1)C2. The van der Waals surface area contributed by atoms with Crippen molar-refractivity contribution in [3.63, 3.8) is 0 Å². The Morgan fingerprint density at radius 1 is 1.30 bits per heavy atom. The average Bonchev–Trinajstić information content (AvgIpc) is 2.50. The monoisotopic (exact) mass is 382 g/mol. The van der Waals surface area contributed by atoms with Gasteiger partial charge in [-0.1, -0.05) is 12.5 Å². The summed E-state index contributed by atoms with van der Waals surface area (Å²) in [6.07, 6.45) is 6.19. The lowest BCUT2D eigenvalue weighted by molar-refractivity contribution is -0.127. The molecule has 3 nitrogen and oxygen atoms in total. The summed E-state index contributed by atoms with van der Waals surface area (Å²) in [7, 11) is 0. The fourth-order valence-electron chi connectivity index (χ4n) is 4.17. The second-order valence-corrected chi connectivity index (χ2v) is 7.84. The largest absolute Gasteiger partial charge is 0.356 e. The quantitative estimate of drug-likeness (QED) is 0.838. The van der Waals surface area contributed by atoms with Crippen LogP contribution in [-0.2, 0) is 11.2 Å². The number of amides is 1. The number of nitrogens with one attached hydrogen (secondary N) is 1. The fourth-order valence-corrected chi connectivity index (χ4v) is 4.60. The first-order valence-electron chi connectivity index (χ1n) is 8.52. The zero-order valence-electron chi connectivity index (χ0n) is 13.2. The minimum Gasteiger partial charge on any atom is -0.356 e. The molecule has 1 amide bonds. The van der Waals surface area contributed by atoms with Gasteiger partial charge in [0.1, 0.15) is 5.82 Å². The van der Waals surface area contributed by atoms with Crippen LogP contribution in [0, 0.1) is 23.6 Å². The van der Waals surface area contributed by atoms with Gasteiger partial charge in [-0.15, -0.1) is 0 Å². The van der Waals surface area contributed by atoms with Gasteiger partial charge in [0.15, 0.2) is 0 Å². The molecule has 2 atom stereocenters. The highest BCUT2D eigenvalue weighted by atomic mass is 79.9. The van der Waals surface area contributed by atoms with Crippen LogP contribution in [0.3, 0.4) is 0 Å². The number of halogens is 2. The summed E-state index contributed by atoms with van der Waals surface area (Å²) in [4.78, 5) is 12.4. The van der Waals surface area contributed by atoms with Gasteiger partial charge in [-0.2, -0.15) is 0 Å². The van der Waals surface area contributed by atoms with Crippen LogP contribution in [0.25, 0.3) is 0 Å². The predicted octanol–water partition coefficient (Wildman–Crippen LogP) is 3.40. The first kappa shape index (κ1) is 16.9. The molecule has 2 aliphatic rings. The first-order valence-corrected chi connectivity index (χ1v) is 9.31. The Labute approximate surface area is 145 Å². The van der Waals surface area contributed by atoms with Gasteiger partial charge >= 0.3 is 0 Å². The zero-order valence-corrected chi connectivity index (χ0v) is 14.8.